The van der Waals surface area contributed by atoms with Crippen LogP contribution < -0.4 is 5.32 Å². The van der Waals surface area contributed by atoms with Crippen molar-refractivity contribution in [1.29, 1.82) is 0 Å². The molecule has 1 N–H and O–H groups in total. The zero-order valence-electron chi connectivity index (χ0n) is 14.8. The monoisotopic (exact) mass is 364 g/mol. The van der Waals surface area contributed by atoms with Crippen molar-refractivity contribution < 1.29 is 9.59 Å². The van der Waals surface area contributed by atoms with Gasteiger partial charge in [0.05, 0.1) is 11.3 Å². The molecule has 1 aromatic heterocycles. The third-order valence-electron chi connectivity index (χ3n) is 4.06. The zero-order valence-corrected chi connectivity index (χ0v) is 15.6. The second-order valence-corrected chi connectivity index (χ2v) is 6.93. The van der Waals surface area contributed by atoms with Gasteiger partial charge < -0.3 is 5.32 Å². The van der Waals surface area contributed by atoms with Crippen molar-refractivity contribution in [2.24, 2.45) is 0 Å². The number of aromatic nitrogens is 1. The second-order valence-electron chi connectivity index (χ2n) is 5.97. The number of nitrogens with one attached hydrogen (secondary N) is 1. The first-order valence-electron chi connectivity index (χ1n) is 8.49. The van der Waals surface area contributed by atoms with E-state index in [2.05, 4.69) is 18.3 Å². The molecule has 1 heterocycles. The fourth-order valence-electron chi connectivity index (χ4n) is 2.64. The zero-order chi connectivity index (χ0) is 18.5. The molecule has 5 heteroatoms. The number of anilines is 1. The Hall–Kier alpha value is -2.66. The number of aryl methyl sites for hydroxylation is 1. The molecule has 0 unspecified atom stereocenters. The highest BCUT2D eigenvalue weighted by atomic mass is 32.2. The molecule has 3 rings (SSSR count). The molecular formula is C21H20N2O2S. The number of Topliss-reactive ketones (excluding diaryl/α,β-unsaturated/α-hetero) is 1. The van der Waals surface area contributed by atoms with Crippen molar-refractivity contribution in [3.05, 3.63) is 65.7 Å². The SMILES string of the molecule is CCc1cc2ccccc2nc1SCC(=O)Nc1ccc(C(C)=O)cc1. The predicted octanol–water partition coefficient (Wildman–Crippen LogP) is 4.73. The van der Waals surface area contributed by atoms with Gasteiger partial charge >= 0.3 is 0 Å². The minimum atomic E-state index is -0.0948. The van der Waals surface area contributed by atoms with E-state index in [0.29, 0.717) is 11.3 Å². The van der Waals surface area contributed by atoms with Crippen LogP contribution in [-0.2, 0) is 11.2 Å². The van der Waals surface area contributed by atoms with Gasteiger partial charge in [-0.25, -0.2) is 4.98 Å². The average Bonchev–Trinajstić information content (AvgIpc) is 2.66. The molecule has 0 atom stereocenters. The molecule has 0 spiro atoms. The predicted molar refractivity (Wildman–Crippen MR) is 107 cm³/mol. The Balaban J connectivity index is 1.67. The van der Waals surface area contributed by atoms with Gasteiger partial charge in [0.15, 0.2) is 5.78 Å². The van der Waals surface area contributed by atoms with E-state index in [0.717, 1.165) is 27.9 Å². The number of carbonyl (C=O) groups is 2. The molecule has 0 aliphatic rings. The Bertz CT molecular complexity index is 952. The number of hydrogen-bond donors (Lipinski definition) is 1. The summed E-state index contributed by atoms with van der Waals surface area (Å²) in [5.74, 6) is 0.197. The summed E-state index contributed by atoms with van der Waals surface area (Å²) in [4.78, 5) is 28.2. The molecule has 4 nitrogen and oxygen atoms in total. The van der Waals surface area contributed by atoms with E-state index < -0.39 is 0 Å². The van der Waals surface area contributed by atoms with E-state index in [4.69, 9.17) is 4.98 Å². The van der Waals surface area contributed by atoms with E-state index in [1.54, 1.807) is 24.3 Å². The first-order valence-corrected chi connectivity index (χ1v) is 9.47. The van der Waals surface area contributed by atoms with Crippen molar-refractivity contribution in [3.8, 4) is 0 Å². The van der Waals surface area contributed by atoms with Gasteiger partial charge in [0.1, 0.15) is 5.03 Å². The number of ketones is 1. The Morgan fingerprint density at radius 2 is 1.81 bits per heavy atom. The van der Waals surface area contributed by atoms with Crippen molar-refractivity contribution in [1.82, 2.24) is 4.98 Å². The van der Waals surface area contributed by atoms with Crippen LogP contribution in [0.25, 0.3) is 10.9 Å². The molecule has 0 fully saturated rings. The Labute approximate surface area is 157 Å². The molecule has 1 amide bonds. The summed E-state index contributed by atoms with van der Waals surface area (Å²) in [7, 11) is 0. The fourth-order valence-corrected chi connectivity index (χ4v) is 3.53. The van der Waals surface area contributed by atoms with Crippen LogP contribution in [0.2, 0.25) is 0 Å². The number of carbonyl (C=O) groups excluding carboxylic acids is 2. The van der Waals surface area contributed by atoms with Gasteiger partial charge in [-0.1, -0.05) is 36.9 Å². The van der Waals surface area contributed by atoms with Crippen LogP contribution in [0, 0.1) is 0 Å². The van der Waals surface area contributed by atoms with Crippen molar-refractivity contribution in [3.63, 3.8) is 0 Å². The largest absolute Gasteiger partial charge is 0.325 e. The molecule has 0 aliphatic carbocycles. The van der Waals surface area contributed by atoms with Crippen LogP contribution in [0.5, 0.6) is 0 Å². The lowest BCUT2D eigenvalue weighted by Crippen LogP contribution is -2.14. The number of rotatable bonds is 6. The van der Waals surface area contributed by atoms with Crippen LogP contribution in [0.15, 0.2) is 59.6 Å². The molecule has 132 valence electrons. The number of thioether (sulfide) groups is 1. The summed E-state index contributed by atoms with van der Waals surface area (Å²) in [6, 6.07) is 17.0. The van der Waals surface area contributed by atoms with E-state index in [-0.39, 0.29) is 17.4 Å². The van der Waals surface area contributed by atoms with Gasteiger partial charge in [0.2, 0.25) is 5.91 Å². The number of fused-ring (bicyclic) bond motifs is 1. The van der Waals surface area contributed by atoms with Gasteiger partial charge in [0.25, 0.3) is 0 Å². The van der Waals surface area contributed by atoms with Gasteiger partial charge in [0, 0.05) is 16.6 Å². The highest BCUT2D eigenvalue weighted by Gasteiger charge is 2.10. The lowest BCUT2D eigenvalue weighted by atomic mass is 10.1. The van der Waals surface area contributed by atoms with Crippen molar-refractivity contribution in [2.45, 2.75) is 25.3 Å². The Morgan fingerprint density at radius 1 is 1.08 bits per heavy atom. The van der Waals surface area contributed by atoms with Gasteiger partial charge in [-0.05, 0) is 55.3 Å². The average molecular weight is 364 g/mol. The van der Waals surface area contributed by atoms with E-state index in [9.17, 15) is 9.59 Å². The summed E-state index contributed by atoms with van der Waals surface area (Å²) in [6.07, 6.45) is 0.869. The summed E-state index contributed by atoms with van der Waals surface area (Å²) < 4.78 is 0. The first-order chi connectivity index (χ1) is 12.6. The highest BCUT2D eigenvalue weighted by Crippen LogP contribution is 2.25. The van der Waals surface area contributed by atoms with Gasteiger partial charge in [-0.2, -0.15) is 0 Å². The minimum absolute atomic E-state index is 0.00732. The minimum Gasteiger partial charge on any atom is -0.325 e. The van der Waals surface area contributed by atoms with Crippen LogP contribution in [0.1, 0.15) is 29.8 Å². The molecule has 0 aliphatic heterocycles. The molecule has 0 bridgehead atoms. The third-order valence-corrected chi connectivity index (χ3v) is 5.09. The van der Waals surface area contributed by atoms with Crippen LogP contribution >= 0.6 is 11.8 Å². The molecule has 3 aromatic rings. The smallest absolute Gasteiger partial charge is 0.234 e. The maximum atomic E-state index is 12.2. The van der Waals surface area contributed by atoms with Crippen molar-refractivity contribution >= 4 is 40.0 Å². The highest BCUT2D eigenvalue weighted by molar-refractivity contribution is 8.00. The molecule has 2 aromatic carbocycles. The lowest BCUT2D eigenvalue weighted by Gasteiger charge is -2.09. The lowest BCUT2D eigenvalue weighted by molar-refractivity contribution is -0.113. The number of nitrogens with zero attached hydrogens (tertiary/aromatic N) is 1. The number of amides is 1. The molecule has 0 radical (unpaired) electrons. The molecule has 0 saturated carbocycles. The van der Waals surface area contributed by atoms with E-state index in [1.807, 2.05) is 24.3 Å². The summed E-state index contributed by atoms with van der Waals surface area (Å²) in [5.41, 5.74) is 3.40. The van der Waals surface area contributed by atoms with Crippen LogP contribution in [0.4, 0.5) is 5.69 Å². The maximum absolute atomic E-state index is 12.2. The number of para-hydroxylation sites is 1. The summed E-state index contributed by atoms with van der Waals surface area (Å²) in [6.45, 7) is 3.61. The molecule has 0 saturated heterocycles. The normalized spacial score (nSPS) is 10.7. The van der Waals surface area contributed by atoms with E-state index in [1.165, 1.54) is 18.7 Å². The van der Waals surface area contributed by atoms with Crippen molar-refractivity contribution in [2.75, 3.05) is 11.1 Å². The van der Waals surface area contributed by atoms with Crippen LogP contribution in [0.3, 0.4) is 0 Å². The summed E-state index contributed by atoms with van der Waals surface area (Å²) >= 11 is 1.44. The topological polar surface area (TPSA) is 59.1 Å². The van der Waals surface area contributed by atoms with Crippen LogP contribution in [-0.4, -0.2) is 22.4 Å². The fraction of sp³-hybridized carbons (Fsp3) is 0.190. The molecule has 26 heavy (non-hydrogen) atoms. The second kappa shape index (κ2) is 8.15. The molecular weight excluding hydrogens is 344 g/mol. The van der Waals surface area contributed by atoms with Gasteiger partial charge in [-0.3, -0.25) is 9.59 Å². The van der Waals surface area contributed by atoms with E-state index >= 15 is 0 Å². The number of hydrogen-bond acceptors (Lipinski definition) is 4. The number of pyridine rings is 1. The van der Waals surface area contributed by atoms with Gasteiger partial charge in [-0.15, -0.1) is 0 Å². The number of benzene rings is 2. The Kier molecular flexibility index (Phi) is 5.68. The first kappa shape index (κ1) is 18.1. The standard InChI is InChI=1S/C21H20N2O2S/c1-3-15-12-17-6-4-5-7-19(17)23-21(15)26-13-20(25)22-18-10-8-16(9-11-18)14(2)24/h4-12H,3,13H2,1-2H3,(H,22,25). The summed E-state index contributed by atoms with van der Waals surface area (Å²) in [5, 5.41) is 4.87. The maximum Gasteiger partial charge on any atom is 0.234 e. The quantitative estimate of drug-likeness (QED) is 0.507. The Morgan fingerprint density at radius 3 is 2.50 bits per heavy atom. The third kappa shape index (κ3) is 4.29.